The van der Waals surface area contributed by atoms with Crippen molar-refractivity contribution < 1.29 is 9.53 Å². The average Bonchev–Trinajstić information content (AvgIpc) is 3.00. The highest BCUT2D eigenvalue weighted by atomic mass is 16.5. The van der Waals surface area contributed by atoms with E-state index in [9.17, 15) is 4.79 Å². The van der Waals surface area contributed by atoms with Gasteiger partial charge in [0.15, 0.2) is 5.65 Å². The maximum Gasteiger partial charge on any atom is 0.337 e. The zero-order valence-electron chi connectivity index (χ0n) is 13.1. The van der Waals surface area contributed by atoms with Gasteiger partial charge in [-0.15, -0.1) is 0 Å². The van der Waals surface area contributed by atoms with Crippen LogP contribution in [0.15, 0.2) is 43.0 Å². The van der Waals surface area contributed by atoms with Crippen molar-refractivity contribution in [3.8, 4) is 11.1 Å². The predicted octanol–water partition coefficient (Wildman–Crippen LogP) is 2.37. The Morgan fingerprint density at radius 1 is 1.08 bits per heavy atom. The number of aromatic nitrogens is 5. The number of aryl methyl sites for hydroxylation is 1. The molecule has 4 rings (SSSR count). The number of fused-ring (bicyclic) bond motifs is 2. The Bertz CT molecular complexity index is 1090. The Morgan fingerprint density at radius 3 is 2.75 bits per heavy atom. The topological polar surface area (TPSA) is 82.8 Å². The molecule has 24 heavy (non-hydrogen) atoms. The first-order chi connectivity index (χ1) is 11.7. The van der Waals surface area contributed by atoms with Crippen LogP contribution in [0.2, 0.25) is 0 Å². The van der Waals surface area contributed by atoms with Crippen LogP contribution < -0.4 is 0 Å². The van der Waals surface area contributed by atoms with Crippen molar-refractivity contribution in [3.05, 3.63) is 48.5 Å². The minimum Gasteiger partial charge on any atom is -0.465 e. The fourth-order valence-electron chi connectivity index (χ4n) is 2.72. The van der Waals surface area contributed by atoms with Crippen molar-refractivity contribution in [2.24, 2.45) is 7.05 Å². The maximum absolute atomic E-state index is 12.0. The van der Waals surface area contributed by atoms with Crippen LogP contribution in [0.5, 0.6) is 0 Å². The molecule has 0 saturated heterocycles. The maximum atomic E-state index is 12.0. The SMILES string of the molecule is COC(=O)c1cc(-c2cnc3c(cnn3C)c2)c2nccnc2c1. The molecule has 0 fully saturated rings. The molecule has 0 spiro atoms. The van der Waals surface area contributed by atoms with Crippen LogP contribution in [0.3, 0.4) is 0 Å². The summed E-state index contributed by atoms with van der Waals surface area (Å²) in [6, 6.07) is 5.40. The first-order valence-corrected chi connectivity index (χ1v) is 7.28. The number of ether oxygens (including phenoxy) is 1. The minimum absolute atomic E-state index is 0.417. The van der Waals surface area contributed by atoms with Gasteiger partial charge in [0, 0.05) is 42.2 Å². The highest BCUT2D eigenvalue weighted by Gasteiger charge is 2.14. The molecule has 0 N–H and O–H groups in total. The van der Waals surface area contributed by atoms with Crippen LogP contribution in [0.25, 0.3) is 33.2 Å². The van der Waals surface area contributed by atoms with E-state index in [0.29, 0.717) is 16.6 Å². The summed E-state index contributed by atoms with van der Waals surface area (Å²) in [6.07, 6.45) is 6.72. The smallest absolute Gasteiger partial charge is 0.337 e. The van der Waals surface area contributed by atoms with Gasteiger partial charge in [0.1, 0.15) is 0 Å². The molecule has 7 heteroatoms. The average molecular weight is 319 g/mol. The molecule has 4 aromatic rings. The van der Waals surface area contributed by atoms with Crippen molar-refractivity contribution in [2.75, 3.05) is 7.11 Å². The third-order valence-corrected chi connectivity index (χ3v) is 3.88. The molecule has 0 bridgehead atoms. The molecule has 0 amide bonds. The summed E-state index contributed by atoms with van der Waals surface area (Å²) in [5, 5.41) is 5.12. The van der Waals surface area contributed by atoms with Crippen LogP contribution in [0.1, 0.15) is 10.4 Å². The number of nitrogens with zero attached hydrogens (tertiary/aromatic N) is 5. The van der Waals surface area contributed by atoms with Gasteiger partial charge in [-0.1, -0.05) is 0 Å². The molecule has 3 heterocycles. The first-order valence-electron chi connectivity index (χ1n) is 7.28. The Balaban J connectivity index is 2.00. The second-order valence-electron chi connectivity index (χ2n) is 5.34. The summed E-state index contributed by atoms with van der Waals surface area (Å²) in [6.45, 7) is 0. The lowest BCUT2D eigenvalue weighted by Gasteiger charge is -2.08. The third-order valence-electron chi connectivity index (χ3n) is 3.88. The van der Waals surface area contributed by atoms with Crippen LogP contribution in [0, 0.1) is 0 Å². The second-order valence-corrected chi connectivity index (χ2v) is 5.34. The molecule has 0 atom stereocenters. The van der Waals surface area contributed by atoms with E-state index < -0.39 is 5.97 Å². The van der Waals surface area contributed by atoms with Crippen molar-refractivity contribution in [1.29, 1.82) is 0 Å². The number of hydrogen-bond acceptors (Lipinski definition) is 6. The molecule has 0 saturated carbocycles. The Morgan fingerprint density at radius 2 is 1.92 bits per heavy atom. The summed E-state index contributed by atoms with van der Waals surface area (Å²) in [5.41, 5.74) is 4.16. The summed E-state index contributed by atoms with van der Waals surface area (Å²) in [7, 11) is 3.19. The number of hydrogen-bond donors (Lipinski definition) is 0. The molecule has 0 aliphatic heterocycles. The lowest BCUT2D eigenvalue weighted by Crippen LogP contribution is -2.02. The lowest BCUT2D eigenvalue weighted by molar-refractivity contribution is 0.0601. The minimum atomic E-state index is -0.417. The molecule has 0 radical (unpaired) electrons. The van der Waals surface area contributed by atoms with E-state index >= 15 is 0 Å². The molecule has 118 valence electrons. The second kappa shape index (κ2) is 5.38. The van der Waals surface area contributed by atoms with Crippen LogP contribution in [-0.2, 0) is 11.8 Å². The lowest BCUT2D eigenvalue weighted by atomic mass is 10.0. The van der Waals surface area contributed by atoms with E-state index in [4.69, 9.17) is 4.74 Å². The summed E-state index contributed by atoms with van der Waals surface area (Å²) in [4.78, 5) is 25.1. The molecule has 7 nitrogen and oxygen atoms in total. The molecule has 1 aromatic carbocycles. The summed E-state index contributed by atoms with van der Waals surface area (Å²) >= 11 is 0. The number of esters is 1. The molecule has 0 unspecified atom stereocenters. The zero-order valence-corrected chi connectivity index (χ0v) is 13.1. The number of carbonyl (C=O) groups is 1. The third kappa shape index (κ3) is 2.18. The Labute approximate surface area is 136 Å². The summed E-state index contributed by atoms with van der Waals surface area (Å²) < 4.78 is 6.54. The van der Waals surface area contributed by atoms with E-state index in [2.05, 4.69) is 20.1 Å². The van der Waals surface area contributed by atoms with E-state index in [-0.39, 0.29) is 0 Å². The van der Waals surface area contributed by atoms with Gasteiger partial charge in [-0.2, -0.15) is 5.10 Å². The molecule has 3 aromatic heterocycles. The van der Waals surface area contributed by atoms with Crippen molar-refractivity contribution >= 4 is 28.0 Å². The van der Waals surface area contributed by atoms with Gasteiger partial charge in [0.2, 0.25) is 0 Å². The molecular formula is C17H13N5O2. The van der Waals surface area contributed by atoms with Gasteiger partial charge in [0.25, 0.3) is 0 Å². The standard InChI is InChI=1S/C17H13N5O2/c1-22-16-12(9-21-22)5-11(8-20-16)13-6-10(17(23)24-2)7-14-15(13)19-4-3-18-14/h3-9H,1-2H3. The van der Waals surface area contributed by atoms with Gasteiger partial charge < -0.3 is 4.74 Å². The van der Waals surface area contributed by atoms with Gasteiger partial charge in [-0.25, -0.2) is 9.78 Å². The highest BCUT2D eigenvalue weighted by molar-refractivity contribution is 6.00. The number of methoxy groups -OCH3 is 1. The number of benzene rings is 1. The van der Waals surface area contributed by atoms with Gasteiger partial charge in [-0.05, 0) is 18.2 Å². The van der Waals surface area contributed by atoms with Crippen LogP contribution in [-0.4, -0.2) is 37.8 Å². The predicted molar refractivity (Wildman–Crippen MR) is 88.4 cm³/mol. The van der Waals surface area contributed by atoms with Crippen molar-refractivity contribution in [2.45, 2.75) is 0 Å². The Kier molecular flexibility index (Phi) is 3.19. The van der Waals surface area contributed by atoms with Crippen LogP contribution in [0.4, 0.5) is 0 Å². The van der Waals surface area contributed by atoms with Gasteiger partial charge >= 0.3 is 5.97 Å². The van der Waals surface area contributed by atoms with E-state index in [1.165, 1.54) is 7.11 Å². The molecule has 0 aliphatic rings. The fraction of sp³-hybridized carbons (Fsp3) is 0.118. The zero-order chi connectivity index (χ0) is 16.7. The monoisotopic (exact) mass is 319 g/mol. The van der Waals surface area contributed by atoms with E-state index in [1.54, 1.807) is 41.6 Å². The number of carbonyl (C=O) groups excluding carboxylic acids is 1. The highest BCUT2D eigenvalue weighted by Crippen LogP contribution is 2.29. The number of pyridine rings is 1. The molecular weight excluding hydrogens is 306 g/mol. The van der Waals surface area contributed by atoms with E-state index in [0.717, 1.165) is 22.2 Å². The van der Waals surface area contributed by atoms with Crippen LogP contribution >= 0.6 is 0 Å². The van der Waals surface area contributed by atoms with Crippen molar-refractivity contribution in [1.82, 2.24) is 24.7 Å². The quantitative estimate of drug-likeness (QED) is 0.527. The normalized spacial score (nSPS) is 11.1. The largest absolute Gasteiger partial charge is 0.465 e. The fourth-order valence-corrected chi connectivity index (χ4v) is 2.72. The first kappa shape index (κ1) is 14.3. The Hall–Kier alpha value is -3.35. The van der Waals surface area contributed by atoms with E-state index in [1.807, 2.05) is 13.1 Å². The number of rotatable bonds is 2. The van der Waals surface area contributed by atoms with Gasteiger partial charge in [-0.3, -0.25) is 14.6 Å². The van der Waals surface area contributed by atoms with Crippen molar-refractivity contribution in [3.63, 3.8) is 0 Å². The van der Waals surface area contributed by atoms with Gasteiger partial charge in [0.05, 0.1) is 29.9 Å². The molecule has 0 aliphatic carbocycles. The summed E-state index contributed by atoms with van der Waals surface area (Å²) in [5.74, 6) is -0.417.